The summed E-state index contributed by atoms with van der Waals surface area (Å²) in [5.41, 5.74) is -0.353. The molecule has 414 valence electrons. The molecule has 6 heterocycles. The molecular weight excluding hydrogens is 1010 g/mol. The molecule has 6 atom stereocenters. The van der Waals surface area contributed by atoms with Gasteiger partial charge in [0.2, 0.25) is 17.7 Å². The van der Waals surface area contributed by atoms with Gasteiger partial charge in [0.15, 0.2) is 5.82 Å². The lowest BCUT2D eigenvalue weighted by molar-refractivity contribution is -0.145. The number of pyridine rings is 1. The number of nitrogens with zero attached hydrogens (tertiary/aromatic N) is 6. The van der Waals surface area contributed by atoms with Crippen molar-refractivity contribution in [3.63, 3.8) is 0 Å². The second-order valence-corrected chi connectivity index (χ2v) is 23.4. The number of carbonyl (C=O) groups excluding carboxylic acids is 3. The van der Waals surface area contributed by atoms with Crippen molar-refractivity contribution in [3.8, 4) is 35.4 Å². The number of anilines is 1. The number of hydrogen-bond donors (Lipinski definition) is 6. The van der Waals surface area contributed by atoms with Crippen molar-refractivity contribution in [3.05, 3.63) is 95.7 Å². The van der Waals surface area contributed by atoms with Gasteiger partial charge in [-0.1, -0.05) is 69.2 Å². The highest BCUT2D eigenvalue weighted by Gasteiger charge is 2.47. The first-order valence-corrected chi connectivity index (χ1v) is 27.4. The summed E-state index contributed by atoms with van der Waals surface area (Å²) in [5.74, 6) is -0.169. The fourth-order valence-corrected chi connectivity index (χ4v) is 12.1. The monoisotopic (exact) mass is 1080 g/mol. The summed E-state index contributed by atoms with van der Waals surface area (Å²) in [7, 11) is 0. The third kappa shape index (κ3) is 11.3. The molecule has 3 amide bonds. The predicted molar refractivity (Wildman–Crippen MR) is 294 cm³/mol. The second kappa shape index (κ2) is 21.9. The number of phenolic OH excluding ortho intramolecular Hbond substituents is 1. The molecule has 4 aromatic carbocycles. The van der Waals surface area contributed by atoms with Gasteiger partial charge in [-0.3, -0.25) is 19.4 Å². The number of β-amino-alcohol motifs (C(OH)–C–C–N with tert-alkyl or cyclic N) is 1. The SMILES string of the molecule is C#Cc1c(F)ccc2cc(O)cc(-c3ncc4c(N5CC6CCC(C5)N6)nc(OCC5(CN6CCC(OCC(=O)N[C@H](C(=O)N7C[C@H](O)C[C@H]7C(=O)N[C@@H](CO)c7ccc8ccccc8c7)C(C)(C)C)CC6)CC5)nc4c3F)c12. The largest absolute Gasteiger partial charge is 0.508 e. The minimum absolute atomic E-state index is 0.00823. The Labute approximate surface area is 457 Å². The van der Waals surface area contributed by atoms with E-state index in [2.05, 4.69) is 41.6 Å². The molecular formula is C60H67F2N9O8. The van der Waals surface area contributed by atoms with Gasteiger partial charge in [-0.05, 0) is 89.9 Å². The maximum Gasteiger partial charge on any atom is 0.319 e. The van der Waals surface area contributed by atoms with Crippen LogP contribution in [0.15, 0.2) is 72.9 Å². The van der Waals surface area contributed by atoms with Crippen molar-refractivity contribution in [2.75, 3.05) is 64.0 Å². The van der Waals surface area contributed by atoms with Gasteiger partial charge in [-0.25, -0.2) is 8.78 Å². The zero-order chi connectivity index (χ0) is 55.3. The number of benzene rings is 4. The lowest BCUT2D eigenvalue weighted by atomic mass is 9.85. The molecule has 1 aliphatic carbocycles. The topological polar surface area (TPSA) is 215 Å². The molecule has 1 saturated carbocycles. The zero-order valence-electron chi connectivity index (χ0n) is 44.7. The molecule has 2 bridgehead atoms. The predicted octanol–water partition coefficient (Wildman–Crippen LogP) is 5.89. The molecule has 4 aliphatic heterocycles. The van der Waals surface area contributed by atoms with Gasteiger partial charge in [0, 0.05) is 80.3 Å². The molecule has 5 fully saturated rings. The third-order valence-corrected chi connectivity index (χ3v) is 16.6. The summed E-state index contributed by atoms with van der Waals surface area (Å²) in [4.78, 5) is 61.7. The first-order chi connectivity index (χ1) is 38.0. The van der Waals surface area contributed by atoms with Crippen LogP contribution in [-0.4, -0.2) is 153 Å². The number of phenols is 1. The number of fused-ring (bicyclic) bond motifs is 5. The molecule has 19 heteroatoms. The molecule has 2 unspecified atom stereocenters. The standard InChI is InChI=1S/C60H67F2N9O8/c1-5-43-46(61)15-12-37-23-40(73)24-44(50(37)43)52-51(62)53-45(26-63-52)55(70-27-38-13-14-39(28-70)64-38)68-58(67-53)79-33-60(18-19-60)32-69-20-16-42(17-21-69)78-31-49(75)66-54(59(2,3)4)57(77)71-29-41(74)25-48(71)56(76)65-47(30-72)36-11-10-34-8-6-7-9-35(34)22-36/h1,6-12,15,22-24,26,38-39,41-42,47-48,54,64,72-74H,13-14,16-21,25,27-33H2,2-4H3,(H,65,76)(H,66,75)/t38?,39?,41-,47+,48+,54-/m1/s1. The van der Waals surface area contributed by atoms with E-state index in [1.54, 1.807) is 0 Å². The van der Waals surface area contributed by atoms with Crippen molar-refractivity contribution < 1.29 is 48.0 Å². The number of likely N-dealkylation sites (tertiary alicyclic amines) is 2. The highest BCUT2D eigenvalue weighted by atomic mass is 19.1. The molecule has 79 heavy (non-hydrogen) atoms. The minimum atomic E-state index is -1.03. The lowest BCUT2D eigenvalue weighted by Crippen LogP contribution is -2.58. The molecule has 0 spiro atoms. The van der Waals surface area contributed by atoms with Gasteiger partial charge in [-0.15, -0.1) is 6.42 Å². The Bertz CT molecular complexity index is 3360. The summed E-state index contributed by atoms with van der Waals surface area (Å²) in [6, 6.07) is 16.6. The van der Waals surface area contributed by atoms with Gasteiger partial charge >= 0.3 is 6.01 Å². The number of nitrogens with one attached hydrogen (secondary N) is 3. The fourth-order valence-electron chi connectivity index (χ4n) is 12.1. The molecule has 11 rings (SSSR count). The van der Waals surface area contributed by atoms with Crippen LogP contribution in [0.25, 0.3) is 43.7 Å². The Kier molecular flexibility index (Phi) is 14.9. The van der Waals surface area contributed by atoms with Gasteiger partial charge in [0.25, 0.3) is 0 Å². The molecule has 0 radical (unpaired) electrons. The highest BCUT2D eigenvalue weighted by Crippen LogP contribution is 2.47. The number of halogens is 2. The van der Waals surface area contributed by atoms with Gasteiger partial charge < -0.3 is 55.4 Å². The van der Waals surface area contributed by atoms with Crippen molar-refractivity contribution in [1.82, 2.24) is 40.7 Å². The average Bonchev–Trinajstić information content (AvgIpc) is 4.14. The van der Waals surface area contributed by atoms with E-state index in [0.29, 0.717) is 67.8 Å². The van der Waals surface area contributed by atoms with E-state index in [9.17, 15) is 29.7 Å². The molecule has 5 aliphatic rings. The summed E-state index contributed by atoms with van der Waals surface area (Å²) < 4.78 is 44.9. The number of hydrogen-bond acceptors (Lipinski definition) is 14. The highest BCUT2D eigenvalue weighted by molar-refractivity contribution is 6.03. The van der Waals surface area contributed by atoms with Crippen LogP contribution in [0.3, 0.4) is 0 Å². The molecule has 2 aromatic heterocycles. The van der Waals surface area contributed by atoms with E-state index in [0.717, 1.165) is 43.0 Å². The van der Waals surface area contributed by atoms with Crippen molar-refractivity contribution >= 4 is 56.0 Å². The van der Waals surface area contributed by atoms with Gasteiger partial charge in [-0.2, -0.15) is 9.97 Å². The molecule has 6 N–H and O–H groups in total. The first kappa shape index (κ1) is 53.9. The van der Waals surface area contributed by atoms with E-state index in [1.165, 1.54) is 35.4 Å². The Morgan fingerprint density at radius 1 is 0.937 bits per heavy atom. The number of piperidine rings is 1. The Morgan fingerprint density at radius 3 is 2.38 bits per heavy atom. The van der Waals surface area contributed by atoms with Crippen LogP contribution in [0.1, 0.15) is 82.9 Å². The lowest BCUT2D eigenvalue weighted by Gasteiger charge is -2.36. The molecule has 17 nitrogen and oxygen atoms in total. The minimum Gasteiger partial charge on any atom is -0.508 e. The average molecular weight is 1080 g/mol. The Balaban J connectivity index is 0.714. The number of carbonyl (C=O) groups is 3. The van der Waals surface area contributed by atoms with Crippen LogP contribution < -0.4 is 25.6 Å². The normalized spacial score (nSPS) is 22.0. The smallest absolute Gasteiger partial charge is 0.319 e. The van der Waals surface area contributed by atoms with Gasteiger partial charge in [0.1, 0.15) is 47.3 Å². The van der Waals surface area contributed by atoms with Crippen LogP contribution in [0.2, 0.25) is 0 Å². The van der Waals surface area contributed by atoms with Crippen molar-refractivity contribution in [1.29, 1.82) is 0 Å². The summed E-state index contributed by atoms with van der Waals surface area (Å²) in [6.45, 7) is 8.54. The Hall–Kier alpha value is -7.08. The number of terminal acetylenes is 1. The number of aromatic nitrogens is 3. The van der Waals surface area contributed by atoms with Crippen LogP contribution in [0.5, 0.6) is 11.8 Å². The number of aliphatic hydroxyl groups is 2. The zero-order valence-corrected chi connectivity index (χ0v) is 44.7. The number of piperazine rings is 1. The Morgan fingerprint density at radius 2 is 1.67 bits per heavy atom. The maximum atomic E-state index is 17.2. The van der Waals surface area contributed by atoms with E-state index in [1.807, 2.05) is 63.2 Å². The number of ether oxygens (including phenoxy) is 2. The number of rotatable bonds is 16. The van der Waals surface area contributed by atoms with Crippen molar-refractivity contribution in [2.45, 2.75) is 108 Å². The van der Waals surface area contributed by atoms with Gasteiger partial charge in [0.05, 0.1) is 42.4 Å². The number of aromatic hydroxyl groups is 1. The number of aliphatic hydroxyl groups excluding tert-OH is 2. The first-order valence-electron chi connectivity index (χ1n) is 27.4. The third-order valence-electron chi connectivity index (χ3n) is 16.6. The second-order valence-electron chi connectivity index (χ2n) is 23.4. The van der Waals surface area contributed by atoms with E-state index < -0.39 is 59.0 Å². The van der Waals surface area contributed by atoms with E-state index in [-0.39, 0.29) is 89.3 Å². The summed E-state index contributed by atoms with van der Waals surface area (Å²) in [5, 5.41) is 44.3. The fraction of sp³-hybridized carbons (Fsp3) is 0.467. The van der Waals surface area contributed by atoms with E-state index >= 15 is 8.78 Å². The van der Waals surface area contributed by atoms with Crippen molar-refractivity contribution in [2.24, 2.45) is 10.8 Å². The van der Waals surface area contributed by atoms with Crippen LogP contribution in [-0.2, 0) is 19.1 Å². The molecule has 6 aromatic rings. The molecule has 4 saturated heterocycles. The maximum absolute atomic E-state index is 17.2. The van der Waals surface area contributed by atoms with Crippen LogP contribution in [0.4, 0.5) is 14.6 Å². The quantitative estimate of drug-likeness (QED) is 0.0625. The summed E-state index contributed by atoms with van der Waals surface area (Å²) >= 11 is 0. The summed E-state index contributed by atoms with van der Waals surface area (Å²) in [6.07, 6.45) is 11.3. The van der Waals surface area contributed by atoms with E-state index in [4.69, 9.17) is 20.9 Å². The number of amides is 3. The van der Waals surface area contributed by atoms with Crippen LogP contribution >= 0.6 is 0 Å². The van der Waals surface area contributed by atoms with Crippen LogP contribution in [0, 0.1) is 34.8 Å².